The Hall–Kier alpha value is -3.53. The minimum Gasteiger partial charge on any atom is -0.488 e. The van der Waals surface area contributed by atoms with Crippen LogP contribution in [0.4, 0.5) is 10.2 Å². The van der Waals surface area contributed by atoms with Gasteiger partial charge in [-0.3, -0.25) is 9.69 Å². The highest BCUT2D eigenvalue weighted by atomic mass is 19.1. The van der Waals surface area contributed by atoms with Crippen LogP contribution in [0.5, 0.6) is 5.75 Å². The van der Waals surface area contributed by atoms with Crippen molar-refractivity contribution in [2.75, 3.05) is 44.9 Å². The lowest BCUT2D eigenvalue weighted by atomic mass is 9.90. The number of carboxylic acid groups (broad SMARTS) is 1. The lowest BCUT2D eigenvalue weighted by Gasteiger charge is -2.38. The third-order valence-corrected chi connectivity index (χ3v) is 10.6. The van der Waals surface area contributed by atoms with E-state index in [-0.39, 0.29) is 24.4 Å². The molecule has 2 saturated heterocycles. The Balaban J connectivity index is 1.13. The minimum absolute atomic E-state index is 0.0957. The highest BCUT2D eigenvalue weighted by Crippen LogP contribution is 2.62. The Kier molecular flexibility index (Phi) is 8.04. The molecule has 8 nitrogen and oxygen atoms in total. The lowest BCUT2D eigenvalue weighted by molar-refractivity contribution is -0.144. The van der Waals surface area contributed by atoms with E-state index in [0.717, 1.165) is 78.5 Å². The van der Waals surface area contributed by atoms with Crippen LogP contribution in [0.25, 0.3) is 11.3 Å². The zero-order valence-corrected chi connectivity index (χ0v) is 26.4. The van der Waals surface area contributed by atoms with Crippen LogP contribution in [0.15, 0.2) is 42.5 Å². The van der Waals surface area contributed by atoms with Crippen molar-refractivity contribution in [3.63, 3.8) is 0 Å². The summed E-state index contributed by atoms with van der Waals surface area (Å²) in [6, 6.07) is 13.9. The number of aryl methyl sites for hydroxylation is 2. The van der Waals surface area contributed by atoms with E-state index in [2.05, 4.69) is 16.7 Å². The van der Waals surface area contributed by atoms with Crippen molar-refractivity contribution in [1.82, 2.24) is 9.88 Å². The molecule has 7 rings (SSSR count). The van der Waals surface area contributed by atoms with Crippen molar-refractivity contribution in [3.05, 3.63) is 76.1 Å². The molecule has 9 heteroatoms. The van der Waals surface area contributed by atoms with Crippen molar-refractivity contribution in [1.29, 1.82) is 0 Å². The summed E-state index contributed by atoms with van der Waals surface area (Å²) >= 11 is 0. The number of para-hydroxylation sites is 1. The second-order valence-corrected chi connectivity index (χ2v) is 13.2. The van der Waals surface area contributed by atoms with Gasteiger partial charge >= 0.3 is 5.97 Å². The first-order valence-electron chi connectivity index (χ1n) is 16.1. The molecule has 1 aromatic heterocycles. The summed E-state index contributed by atoms with van der Waals surface area (Å²) in [7, 11) is 1.61. The number of fused-ring (bicyclic) bond motifs is 2. The van der Waals surface area contributed by atoms with Gasteiger partial charge in [0, 0.05) is 57.1 Å². The van der Waals surface area contributed by atoms with Crippen molar-refractivity contribution in [2.45, 2.75) is 64.8 Å². The van der Waals surface area contributed by atoms with Gasteiger partial charge in [0.05, 0.1) is 23.8 Å². The molecule has 0 radical (unpaired) electrons. The van der Waals surface area contributed by atoms with Gasteiger partial charge in [-0.05, 0) is 92.0 Å². The number of nitrogens with zero attached hydrogens (tertiary/aromatic N) is 3. The fraction of sp³-hybridized carbons (Fsp3) is 0.500. The van der Waals surface area contributed by atoms with Crippen molar-refractivity contribution >= 4 is 11.8 Å². The summed E-state index contributed by atoms with van der Waals surface area (Å²) in [4.78, 5) is 21.8. The van der Waals surface area contributed by atoms with Gasteiger partial charge in [-0.2, -0.15) is 0 Å². The molecule has 4 aliphatic rings. The van der Waals surface area contributed by atoms with Crippen molar-refractivity contribution in [2.24, 2.45) is 11.3 Å². The molecule has 1 unspecified atom stereocenters. The van der Waals surface area contributed by atoms with Gasteiger partial charge in [0.25, 0.3) is 0 Å². The van der Waals surface area contributed by atoms with Gasteiger partial charge in [0.15, 0.2) is 0 Å². The number of carbonyl (C=O) groups is 1. The number of carboxylic acids is 1. The van der Waals surface area contributed by atoms with Crippen LogP contribution in [0.3, 0.4) is 0 Å². The molecule has 1 aliphatic carbocycles. The Morgan fingerprint density at radius 3 is 2.71 bits per heavy atom. The molecule has 3 fully saturated rings. The zero-order chi connectivity index (χ0) is 31.3. The number of piperidine rings is 1. The molecule has 4 heterocycles. The second kappa shape index (κ2) is 12.0. The number of halogens is 1. The van der Waals surface area contributed by atoms with E-state index in [1.807, 2.05) is 49.4 Å². The first-order valence-corrected chi connectivity index (χ1v) is 16.1. The van der Waals surface area contributed by atoms with Crippen LogP contribution in [0.1, 0.15) is 47.1 Å². The van der Waals surface area contributed by atoms with Crippen LogP contribution in [-0.2, 0) is 33.8 Å². The van der Waals surface area contributed by atoms with Gasteiger partial charge in [0.2, 0.25) is 0 Å². The van der Waals surface area contributed by atoms with Gasteiger partial charge in [-0.1, -0.05) is 18.2 Å². The standard InChI is InChI=1S/C36H42FN3O5/c1-22-6-4-7-28(30-8-5-9-32(38-30)40-18-25-17-36(25,35(41)42)31(40)21-43-3)34(22)45-20-24-16-23(2)29-19-39(13-10-27(29)33(24)37)26-11-14-44-15-12-26/h4-9,16,25-26,31H,10-15,17-21H2,1-3H3,(H,41,42)/t25?,31-,36-/m1/s1. The Bertz CT molecular complexity index is 1610. The third-order valence-electron chi connectivity index (χ3n) is 10.6. The smallest absolute Gasteiger partial charge is 0.312 e. The lowest BCUT2D eigenvalue weighted by Crippen LogP contribution is -2.43. The number of anilines is 1. The van der Waals surface area contributed by atoms with E-state index >= 15 is 4.39 Å². The van der Waals surface area contributed by atoms with Crippen LogP contribution < -0.4 is 9.64 Å². The summed E-state index contributed by atoms with van der Waals surface area (Å²) in [6.07, 6.45) is 3.45. The second-order valence-electron chi connectivity index (χ2n) is 13.2. The minimum atomic E-state index is -0.772. The Morgan fingerprint density at radius 1 is 1.13 bits per heavy atom. The van der Waals surface area contributed by atoms with E-state index in [9.17, 15) is 9.90 Å². The number of benzene rings is 2. The Morgan fingerprint density at radius 2 is 1.93 bits per heavy atom. The number of pyridine rings is 1. The van der Waals surface area contributed by atoms with Gasteiger partial charge in [-0.25, -0.2) is 9.37 Å². The molecule has 2 aromatic carbocycles. The van der Waals surface area contributed by atoms with Crippen molar-refractivity contribution in [3.8, 4) is 17.0 Å². The first-order chi connectivity index (χ1) is 21.8. The molecular weight excluding hydrogens is 573 g/mol. The number of aromatic nitrogens is 1. The molecule has 1 saturated carbocycles. The molecule has 3 aliphatic heterocycles. The van der Waals surface area contributed by atoms with E-state index < -0.39 is 11.4 Å². The molecule has 0 amide bonds. The average Bonchev–Trinajstić information content (AvgIpc) is 3.71. The predicted octanol–water partition coefficient (Wildman–Crippen LogP) is 5.55. The normalized spacial score (nSPS) is 24.8. The third kappa shape index (κ3) is 5.28. The number of aliphatic carboxylic acids is 1. The van der Waals surface area contributed by atoms with Crippen LogP contribution >= 0.6 is 0 Å². The molecule has 45 heavy (non-hydrogen) atoms. The molecule has 3 aromatic rings. The summed E-state index contributed by atoms with van der Waals surface area (Å²) in [5.74, 6) is 0.576. The number of hydrogen-bond acceptors (Lipinski definition) is 7. The van der Waals surface area contributed by atoms with Crippen LogP contribution in [0, 0.1) is 31.0 Å². The monoisotopic (exact) mass is 615 g/mol. The summed E-state index contributed by atoms with van der Waals surface area (Å²) in [5.41, 5.74) is 5.32. The van der Waals surface area contributed by atoms with Gasteiger partial charge in [-0.15, -0.1) is 0 Å². The van der Waals surface area contributed by atoms with E-state index in [0.29, 0.717) is 43.3 Å². The highest BCUT2D eigenvalue weighted by molar-refractivity contribution is 5.82. The largest absolute Gasteiger partial charge is 0.488 e. The van der Waals surface area contributed by atoms with Crippen LogP contribution in [0.2, 0.25) is 0 Å². The van der Waals surface area contributed by atoms with Crippen LogP contribution in [-0.4, -0.2) is 73.1 Å². The summed E-state index contributed by atoms with van der Waals surface area (Å²) in [5, 5.41) is 10.0. The molecule has 0 spiro atoms. The zero-order valence-electron chi connectivity index (χ0n) is 26.4. The Labute approximate surface area is 264 Å². The summed E-state index contributed by atoms with van der Waals surface area (Å²) < 4.78 is 33.4. The number of hydrogen-bond donors (Lipinski definition) is 1. The number of ether oxygens (including phenoxy) is 3. The molecule has 0 bridgehead atoms. The predicted molar refractivity (Wildman–Crippen MR) is 169 cm³/mol. The quantitative estimate of drug-likeness (QED) is 0.336. The molecular formula is C36H42FN3O5. The maximum Gasteiger partial charge on any atom is 0.312 e. The van der Waals surface area contributed by atoms with Gasteiger partial charge < -0.3 is 24.2 Å². The fourth-order valence-corrected chi connectivity index (χ4v) is 8.07. The SMILES string of the molecule is COC[C@H]1N(c2cccc(-c3cccc(C)c3OCc3cc(C)c4c(c3F)CCN(C3CCOCC3)C4)n2)CC2C[C@@]21C(=O)O. The topological polar surface area (TPSA) is 84.4 Å². The highest BCUT2D eigenvalue weighted by Gasteiger charge is 2.71. The maximum absolute atomic E-state index is 16.0. The van der Waals surface area contributed by atoms with E-state index in [1.54, 1.807) is 7.11 Å². The average molecular weight is 616 g/mol. The van der Waals surface area contributed by atoms with Gasteiger partial charge in [0.1, 0.15) is 24.0 Å². The number of rotatable bonds is 9. The summed E-state index contributed by atoms with van der Waals surface area (Å²) in [6.45, 7) is 8.40. The number of methoxy groups -OCH3 is 1. The molecule has 1 N–H and O–H groups in total. The van der Waals surface area contributed by atoms with Crippen molar-refractivity contribution < 1.29 is 28.5 Å². The maximum atomic E-state index is 16.0. The van der Waals surface area contributed by atoms with E-state index in [1.165, 1.54) is 0 Å². The fourth-order valence-electron chi connectivity index (χ4n) is 8.07. The first kappa shape index (κ1) is 30.1. The molecule has 238 valence electrons. The molecule has 3 atom stereocenters. The van der Waals surface area contributed by atoms with E-state index in [4.69, 9.17) is 19.2 Å².